The van der Waals surface area contributed by atoms with E-state index in [0.717, 1.165) is 17.7 Å². The smallest absolute Gasteiger partial charge is 0.326 e. The molecule has 0 unspecified atom stereocenters. The Morgan fingerprint density at radius 2 is 1.92 bits per heavy atom. The summed E-state index contributed by atoms with van der Waals surface area (Å²) in [5.41, 5.74) is -0.783. The fourth-order valence-corrected chi connectivity index (χ4v) is 3.37. The van der Waals surface area contributed by atoms with E-state index in [1.165, 1.54) is 0 Å². The van der Waals surface area contributed by atoms with Crippen LogP contribution in [-0.2, 0) is 14.4 Å². The number of hydrogen-bond donors (Lipinski definition) is 3. The molecule has 0 aromatic heterocycles. The first-order valence-corrected chi connectivity index (χ1v) is 8.41. The number of nitrogens with zero attached hydrogens (tertiary/aromatic N) is 1. The van der Waals surface area contributed by atoms with E-state index >= 15 is 0 Å². The molecule has 3 N–H and O–H groups in total. The number of rotatable bonds is 7. The van der Waals surface area contributed by atoms with Gasteiger partial charge in [0.1, 0.15) is 11.6 Å². The highest BCUT2D eigenvalue weighted by Gasteiger charge is 2.52. The molecule has 8 heteroatoms. The molecule has 1 saturated carbocycles. The molecule has 4 amide bonds. The number of nitrogens with one attached hydrogen (secondary N) is 2. The van der Waals surface area contributed by atoms with Crippen LogP contribution >= 0.6 is 0 Å². The monoisotopic (exact) mass is 339 g/mol. The molecule has 1 atom stereocenters. The van der Waals surface area contributed by atoms with Gasteiger partial charge in [-0.2, -0.15) is 0 Å². The van der Waals surface area contributed by atoms with Gasteiger partial charge in [-0.05, 0) is 25.2 Å². The Morgan fingerprint density at radius 3 is 2.46 bits per heavy atom. The van der Waals surface area contributed by atoms with Crippen molar-refractivity contribution in [1.82, 2.24) is 15.5 Å². The number of carbonyl (C=O) groups is 4. The highest BCUT2D eigenvalue weighted by atomic mass is 16.4. The maximum absolute atomic E-state index is 12.4. The van der Waals surface area contributed by atoms with Crippen LogP contribution in [0.1, 0.15) is 52.4 Å². The van der Waals surface area contributed by atoms with E-state index in [-0.39, 0.29) is 24.8 Å². The van der Waals surface area contributed by atoms with Crippen LogP contribution in [0.15, 0.2) is 0 Å². The second-order valence-electron chi connectivity index (χ2n) is 7.01. The van der Waals surface area contributed by atoms with E-state index in [0.29, 0.717) is 19.3 Å². The predicted molar refractivity (Wildman–Crippen MR) is 85.1 cm³/mol. The summed E-state index contributed by atoms with van der Waals surface area (Å²) in [5, 5.41) is 14.3. The van der Waals surface area contributed by atoms with Gasteiger partial charge in [0.25, 0.3) is 5.91 Å². The molecule has 1 aliphatic carbocycles. The Bertz CT molecular complexity index is 540. The second-order valence-corrected chi connectivity index (χ2v) is 7.01. The van der Waals surface area contributed by atoms with Gasteiger partial charge in [0.15, 0.2) is 0 Å². The summed E-state index contributed by atoms with van der Waals surface area (Å²) in [5.74, 6) is -1.71. The number of carboxylic acid groups (broad SMARTS) is 1. The normalized spacial score (nSPS) is 20.5. The van der Waals surface area contributed by atoms with Crippen molar-refractivity contribution in [2.45, 2.75) is 64.0 Å². The molecule has 2 aliphatic rings. The van der Waals surface area contributed by atoms with Crippen LogP contribution in [0.2, 0.25) is 0 Å². The Hall–Kier alpha value is -2.12. The highest BCUT2D eigenvalue weighted by molar-refractivity contribution is 6.07. The summed E-state index contributed by atoms with van der Waals surface area (Å²) >= 11 is 0. The zero-order valence-electron chi connectivity index (χ0n) is 14.1. The van der Waals surface area contributed by atoms with Crippen LogP contribution in [0.3, 0.4) is 0 Å². The molecule has 0 aromatic rings. The minimum Gasteiger partial charge on any atom is -0.480 e. The van der Waals surface area contributed by atoms with Gasteiger partial charge < -0.3 is 15.7 Å². The van der Waals surface area contributed by atoms with E-state index in [4.69, 9.17) is 5.11 Å². The van der Waals surface area contributed by atoms with Gasteiger partial charge in [-0.15, -0.1) is 0 Å². The van der Waals surface area contributed by atoms with Crippen LogP contribution < -0.4 is 10.6 Å². The third-order valence-electron chi connectivity index (χ3n) is 4.61. The molecule has 0 aromatic carbocycles. The van der Waals surface area contributed by atoms with Crippen LogP contribution in [0.4, 0.5) is 4.79 Å². The summed E-state index contributed by atoms with van der Waals surface area (Å²) in [7, 11) is 0. The van der Waals surface area contributed by atoms with Crippen LogP contribution in [0.25, 0.3) is 0 Å². The molecule has 0 radical (unpaired) electrons. The van der Waals surface area contributed by atoms with E-state index < -0.39 is 29.5 Å². The van der Waals surface area contributed by atoms with Gasteiger partial charge in [-0.1, -0.05) is 26.7 Å². The largest absolute Gasteiger partial charge is 0.480 e. The average Bonchev–Trinajstić information content (AvgIpc) is 3.03. The number of hydrogen-bond acceptors (Lipinski definition) is 4. The summed E-state index contributed by atoms with van der Waals surface area (Å²) < 4.78 is 0. The topological polar surface area (TPSA) is 116 Å². The van der Waals surface area contributed by atoms with E-state index in [2.05, 4.69) is 10.6 Å². The van der Waals surface area contributed by atoms with E-state index in [1.807, 2.05) is 13.8 Å². The van der Waals surface area contributed by atoms with Crippen LogP contribution in [0.5, 0.6) is 0 Å². The first-order valence-electron chi connectivity index (χ1n) is 8.41. The number of imide groups is 1. The van der Waals surface area contributed by atoms with E-state index in [9.17, 15) is 19.2 Å². The maximum Gasteiger partial charge on any atom is 0.326 e. The van der Waals surface area contributed by atoms with Crippen molar-refractivity contribution in [1.29, 1.82) is 0 Å². The number of carboxylic acids is 1. The highest BCUT2D eigenvalue weighted by Crippen LogP contribution is 2.34. The van der Waals surface area contributed by atoms with Crippen molar-refractivity contribution in [3.8, 4) is 0 Å². The molecule has 24 heavy (non-hydrogen) atoms. The molecule has 1 aliphatic heterocycles. The molecule has 134 valence electrons. The number of amides is 4. The molecule has 1 heterocycles. The standard InChI is InChI=1S/C16H25N3O5/c1-10(2)9-11(13(21)22)17-12(20)5-8-19-14(23)16(18-15(19)24)6-3-4-7-16/h10-11H,3-9H2,1-2H3,(H,17,20)(H,18,24)(H,21,22)/t11-/m1/s1. The van der Waals surface area contributed by atoms with Crippen molar-refractivity contribution in [2.75, 3.05) is 6.54 Å². The van der Waals surface area contributed by atoms with Gasteiger partial charge >= 0.3 is 12.0 Å². The minimum atomic E-state index is -1.09. The molecule has 2 rings (SSSR count). The lowest BCUT2D eigenvalue weighted by atomic mass is 9.98. The van der Waals surface area contributed by atoms with Gasteiger partial charge in [0.05, 0.1) is 0 Å². The fraction of sp³-hybridized carbons (Fsp3) is 0.750. The predicted octanol–water partition coefficient (Wildman–Crippen LogP) is 0.857. The molecule has 1 saturated heterocycles. The van der Waals surface area contributed by atoms with Crippen molar-refractivity contribution in [3.63, 3.8) is 0 Å². The lowest BCUT2D eigenvalue weighted by molar-refractivity contribution is -0.142. The minimum absolute atomic E-state index is 0.0354. The number of carbonyl (C=O) groups excluding carboxylic acids is 3. The quantitative estimate of drug-likeness (QED) is 0.595. The van der Waals surface area contributed by atoms with E-state index in [1.54, 1.807) is 0 Å². The number of urea groups is 1. The average molecular weight is 339 g/mol. The van der Waals surface area contributed by atoms with Crippen molar-refractivity contribution >= 4 is 23.8 Å². The van der Waals surface area contributed by atoms with Gasteiger partial charge in [0, 0.05) is 13.0 Å². The Labute approximate surface area is 141 Å². The first-order chi connectivity index (χ1) is 11.2. The Morgan fingerprint density at radius 1 is 1.29 bits per heavy atom. The molecule has 8 nitrogen and oxygen atoms in total. The van der Waals surface area contributed by atoms with Crippen molar-refractivity contribution in [3.05, 3.63) is 0 Å². The number of aliphatic carboxylic acids is 1. The van der Waals surface area contributed by atoms with Crippen LogP contribution in [0, 0.1) is 5.92 Å². The molecule has 0 bridgehead atoms. The zero-order chi connectivity index (χ0) is 17.9. The third-order valence-corrected chi connectivity index (χ3v) is 4.61. The van der Waals surface area contributed by atoms with Gasteiger partial charge in [0.2, 0.25) is 5.91 Å². The zero-order valence-corrected chi connectivity index (χ0v) is 14.1. The fourth-order valence-electron chi connectivity index (χ4n) is 3.37. The Kier molecular flexibility index (Phi) is 5.46. The molecule has 2 fully saturated rings. The summed E-state index contributed by atoms with van der Waals surface area (Å²) in [6.07, 6.45) is 3.29. The summed E-state index contributed by atoms with van der Waals surface area (Å²) in [6.45, 7) is 3.71. The first kappa shape index (κ1) is 18.2. The van der Waals surface area contributed by atoms with Crippen LogP contribution in [-0.4, -0.2) is 51.9 Å². The van der Waals surface area contributed by atoms with Crippen molar-refractivity contribution < 1.29 is 24.3 Å². The summed E-state index contributed by atoms with van der Waals surface area (Å²) in [4.78, 5) is 48.7. The third kappa shape index (κ3) is 3.85. The molecular weight excluding hydrogens is 314 g/mol. The lowest BCUT2D eigenvalue weighted by Gasteiger charge is -2.20. The second kappa shape index (κ2) is 7.19. The van der Waals surface area contributed by atoms with Crippen molar-refractivity contribution in [2.24, 2.45) is 5.92 Å². The summed E-state index contributed by atoms with van der Waals surface area (Å²) in [6, 6.07) is -1.42. The maximum atomic E-state index is 12.4. The lowest BCUT2D eigenvalue weighted by Crippen LogP contribution is -2.45. The Balaban J connectivity index is 1.88. The van der Waals surface area contributed by atoms with Gasteiger partial charge in [-0.25, -0.2) is 9.59 Å². The van der Waals surface area contributed by atoms with Gasteiger partial charge in [-0.3, -0.25) is 14.5 Å². The molecule has 1 spiro atoms. The SMILES string of the molecule is CC(C)C[C@@H](NC(=O)CCN1C(=O)NC2(CCCC2)C1=O)C(=O)O. The molecular formula is C16H25N3O5.